The molecule has 2 heterocycles. The number of aromatic nitrogens is 1. The number of carbonyl (C=O) groups excluding carboxylic acids is 1. The highest BCUT2D eigenvalue weighted by atomic mass is 16.4. The number of hydrogen-bond acceptors (Lipinski definition) is 3. The summed E-state index contributed by atoms with van der Waals surface area (Å²) >= 11 is 0. The molecule has 0 bridgehead atoms. The minimum Gasteiger partial charge on any atom is -0.481 e. The van der Waals surface area contributed by atoms with Gasteiger partial charge in [0.15, 0.2) is 5.78 Å². The fourth-order valence-electron chi connectivity index (χ4n) is 4.43. The number of aliphatic carboxylic acids is 1. The number of benzene rings is 2. The third-order valence-corrected chi connectivity index (χ3v) is 5.95. The number of para-hydroxylation sites is 1. The third-order valence-electron chi connectivity index (χ3n) is 5.95. The van der Waals surface area contributed by atoms with Gasteiger partial charge in [-0.15, -0.1) is 0 Å². The first kappa shape index (κ1) is 17.7. The molecule has 1 aliphatic rings. The molecule has 0 spiro atoms. The van der Waals surface area contributed by atoms with Crippen LogP contribution in [0.1, 0.15) is 40.1 Å². The van der Waals surface area contributed by atoms with Crippen molar-refractivity contribution in [1.82, 2.24) is 4.98 Å². The summed E-state index contributed by atoms with van der Waals surface area (Å²) in [5.41, 5.74) is 4.37. The van der Waals surface area contributed by atoms with Crippen LogP contribution in [0.15, 0.2) is 53.1 Å². The molecule has 2 N–H and O–H groups in total. The van der Waals surface area contributed by atoms with Crippen LogP contribution < -0.4 is 0 Å². The molecule has 0 unspecified atom stereocenters. The summed E-state index contributed by atoms with van der Waals surface area (Å²) < 4.78 is 5.91. The standard InChI is InChI=1S/C24H21NO4/c26-21(14-8-9-19-18-5-3-7-22(18)29-23(19)12-14)11-15(24(27)28)10-16-13-25-20-6-2-1-4-17(16)20/h1-2,4,6,8-9,12-13,15,25H,3,5,7,10-11H2,(H,27,28)/t15-/m1/s1. The number of aromatic amines is 1. The molecule has 5 heteroatoms. The van der Waals surface area contributed by atoms with Crippen molar-refractivity contribution in [3.63, 3.8) is 0 Å². The normalized spacial score (nSPS) is 14.3. The number of furan rings is 1. The fourth-order valence-corrected chi connectivity index (χ4v) is 4.43. The van der Waals surface area contributed by atoms with Crippen LogP contribution in [0.5, 0.6) is 0 Å². The molecule has 0 amide bonds. The van der Waals surface area contributed by atoms with Gasteiger partial charge in [0.2, 0.25) is 0 Å². The molecule has 1 atom stereocenters. The molecule has 0 radical (unpaired) electrons. The van der Waals surface area contributed by atoms with Gasteiger partial charge in [0, 0.05) is 46.5 Å². The minimum absolute atomic E-state index is 0.0409. The molecule has 0 saturated heterocycles. The number of Topliss-reactive ketones (excluding diaryl/α,β-unsaturated/α-hetero) is 1. The SMILES string of the molecule is O=C(C[C@@H](Cc1c[nH]c2ccccc12)C(=O)O)c1ccc2c3c(oc2c1)CCC3. The Bertz CT molecular complexity index is 1250. The van der Waals surface area contributed by atoms with Gasteiger partial charge in [0.05, 0.1) is 5.92 Å². The molecule has 5 rings (SSSR count). The fraction of sp³-hybridized carbons (Fsp3) is 0.250. The van der Waals surface area contributed by atoms with Gasteiger partial charge in [-0.1, -0.05) is 30.3 Å². The van der Waals surface area contributed by atoms with E-state index in [0.29, 0.717) is 12.0 Å². The van der Waals surface area contributed by atoms with E-state index in [2.05, 4.69) is 4.98 Å². The molecule has 4 aromatic rings. The molecule has 29 heavy (non-hydrogen) atoms. The average Bonchev–Trinajstić information content (AvgIpc) is 3.41. The van der Waals surface area contributed by atoms with E-state index in [1.165, 1.54) is 5.56 Å². The van der Waals surface area contributed by atoms with Crippen LogP contribution in [0.2, 0.25) is 0 Å². The zero-order valence-electron chi connectivity index (χ0n) is 15.9. The number of ketones is 1. The maximum absolute atomic E-state index is 12.9. The summed E-state index contributed by atoms with van der Waals surface area (Å²) in [6.45, 7) is 0. The smallest absolute Gasteiger partial charge is 0.307 e. The topological polar surface area (TPSA) is 83.3 Å². The van der Waals surface area contributed by atoms with Crippen LogP contribution in [0.3, 0.4) is 0 Å². The molecule has 1 aliphatic carbocycles. The summed E-state index contributed by atoms with van der Waals surface area (Å²) in [6.07, 6.45) is 5.17. The van der Waals surface area contributed by atoms with E-state index in [1.807, 2.05) is 36.5 Å². The predicted molar refractivity (Wildman–Crippen MR) is 110 cm³/mol. The van der Waals surface area contributed by atoms with Gasteiger partial charge in [-0.3, -0.25) is 9.59 Å². The average molecular weight is 387 g/mol. The van der Waals surface area contributed by atoms with Gasteiger partial charge in [0.25, 0.3) is 0 Å². The Balaban J connectivity index is 1.38. The number of hydrogen-bond donors (Lipinski definition) is 2. The first-order valence-electron chi connectivity index (χ1n) is 9.95. The molecule has 2 aromatic carbocycles. The van der Waals surface area contributed by atoms with Crippen LogP contribution >= 0.6 is 0 Å². The second-order valence-electron chi connectivity index (χ2n) is 7.79. The summed E-state index contributed by atoms with van der Waals surface area (Å²) in [6, 6.07) is 13.3. The number of H-pyrrole nitrogens is 1. The number of fused-ring (bicyclic) bond motifs is 4. The Morgan fingerprint density at radius 1 is 1.10 bits per heavy atom. The number of carboxylic acid groups (broad SMARTS) is 1. The van der Waals surface area contributed by atoms with Crippen molar-refractivity contribution in [2.75, 3.05) is 0 Å². The lowest BCUT2D eigenvalue weighted by Crippen LogP contribution is -2.20. The Morgan fingerprint density at radius 2 is 1.97 bits per heavy atom. The van der Waals surface area contributed by atoms with E-state index in [9.17, 15) is 14.7 Å². The zero-order chi connectivity index (χ0) is 20.0. The van der Waals surface area contributed by atoms with Gasteiger partial charge in [-0.2, -0.15) is 0 Å². The van der Waals surface area contributed by atoms with E-state index < -0.39 is 11.9 Å². The highest BCUT2D eigenvalue weighted by Gasteiger charge is 2.25. The lowest BCUT2D eigenvalue weighted by atomic mass is 9.91. The summed E-state index contributed by atoms with van der Waals surface area (Å²) in [4.78, 5) is 27.9. The number of nitrogens with one attached hydrogen (secondary N) is 1. The summed E-state index contributed by atoms with van der Waals surface area (Å²) in [5, 5.41) is 11.8. The summed E-state index contributed by atoms with van der Waals surface area (Å²) in [7, 11) is 0. The van der Waals surface area contributed by atoms with Crippen molar-refractivity contribution in [2.45, 2.75) is 32.1 Å². The maximum atomic E-state index is 12.9. The molecule has 146 valence electrons. The van der Waals surface area contributed by atoms with Crippen molar-refractivity contribution in [3.8, 4) is 0 Å². The Morgan fingerprint density at radius 3 is 2.83 bits per heavy atom. The molecular formula is C24H21NO4. The van der Waals surface area contributed by atoms with Gasteiger partial charge in [-0.25, -0.2) is 0 Å². The second kappa shape index (κ2) is 6.92. The van der Waals surface area contributed by atoms with Crippen molar-refractivity contribution in [2.24, 2.45) is 5.92 Å². The summed E-state index contributed by atoms with van der Waals surface area (Å²) in [5.74, 6) is -0.885. The third kappa shape index (κ3) is 3.12. The number of rotatable bonds is 6. The molecule has 0 aliphatic heterocycles. The minimum atomic E-state index is -0.957. The quantitative estimate of drug-likeness (QED) is 0.460. The van der Waals surface area contributed by atoms with Crippen LogP contribution in [0, 0.1) is 5.92 Å². The van der Waals surface area contributed by atoms with E-state index in [4.69, 9.17) is 4.42 Å². The van der Waals surface area contributed by atoms with Crippen LogP contribution in [0.25, 0.3) is 21.9 Å². The van der Waals surface area contributed by atoms with E-state index in [-0.39, 0.29) is 12.2 Å². The van der Waals surface area contributed by atoms with Crippen LogP contribution in [0.4, 0.5) is 0 Å². The van der Waals surface area contributed by atoms with Crippen molar-refractivity contribution < 1.29 is 19.1 Å². The van der Waals surface area contributed by atoms with Crippen molar-refractivity contribution in [1.29, 1.82) is 0 Å². The lowest BCUT2D eigenvalue weighted by molar-refractivity contribution is -0.141. The van der Waals surface area contributed by atoms with E-state index in [1.54, 1.807) is 12.1 Å². The van der Waals surface area contributed by atoms with Crippen molar-refractivity contribution in [3.05, 3.63) is 71.1 Å². The lowest BCUT2D eigenvalue weighted by Gasteiger charge is -2.11. The Hall–Kier alpha value is -3.34. The first-order valence-corrected chi connectivity index (χ1v) is 9.95. The van der Waals surface area contributed by atoms with Gasteiger partial charge in [-0.05, 0) is 37.0 Å². The van der Waals surface area contributed by atoms with Crippen LogP contribution in [-0.4, -0.2) is 21.8 Å². The molecule has 0 fully saturated rings. The highest BCUT2D eigenvalue weighted by Crippen LogP contribution is 2.33. The van der Waals surface area contributed by atoms with Crippen molar-refractivity contribution >= 4 is 33.6 Å². The van der Waals surface area contributed by atoms with E-state index in [0.717, 1.165) is 52.5 Å². The largest absolute Gasteiger partial charge is 0.481 e. The van der Waals surface area contributed by atoms with Gasteiger partial charge in [0.1, 0.15) is 11.3 Å². The van der Waals surface area contributed by atoms with Gasteiger partial charge < -0.3 is 14.5 Å². The van der Waals surface area contributed by atoms with Gasteiger partial charge >= 0.3 is 5.97 Å². The highest BCUT2D eigenvalue weighted by molar-refractivity contribution is 6.01. The molecule has 5 nitrogen and oxygen atoms in total. The maximum Gasteiger partial charge on any atom is 0.307 e. The molecule has 2 aromatic heterocycles. The Kier molecular flexibility index (Phi) is 4.23. The Labute approximate surface area is 167 Å². The van der Waals surface area contributed by atoms with Crippen LogP contribution in [-0.2, 0) is 24.1 Å². The molecular weight excluding hydrogens is 366 g/mol. The monoisotopic (exact) mass is 387 g/mol. The number of carbonyl (C=O) groups is 2. The van der Waals surface area contributed by atoms with E-state index >= 15 is 0 Å². The molecule has 0 saturated carbocycles. The number of aryl methyl sites for hydroxylation is 2. The predicted octanol–water partition coefficient (Wildman–Crippen LogP) is 4.92. The zero-order valence-corrected chi connectivity index (χ0v) is 15.9. The second-order valence-corrected chi connectivity index (χ2v) is 7.79. The number of carboxylic acids is 1. The first-order chi connectivity index (χ1) is 14.1.